The van der Waals surface area contributed by atoms with Crippen LogP contribution in [0.2, 0.25) is 10.0 Å². The van der Waals surface area contributed by atoms with E-state index in [1.807, 2.05) is 13.0 Å². The molecule has 1 atom stereocenters. The van der Waals surface area contributed by atoms with Crippen LogP contribution in [-0.4, -0.2) is 11.1 Å². The molecule has 110 valence electrons. The number of carboxylic acids is 1. The highest BCUT2D eigenvalue weighted by Crippen LogP contribution is 2.30. The SMILES string of the molecule is CC(Nc1ccc(C(=O)O)cc1N)c1ccc(Cl)cc1Cl. The van der Waals surface area contributed by atoms with Crippen LogP contribution < -0.4 is 11.1 Å². The van der Waals surface area contributed by atoms with E-state index in [9.17, 15) is 4.79 Å². The summed E-state index contributed by atoms with van der Waals surface area (Å²) in [5.74, 6) is -1.01. The van der Waals surface area contributed by atoms with Crippen molar-refractivity contribution in [1.82, 2.24) is 0 Å². The number of hydrogen-bond donors (Lipinski definition) is 3. The Bertz CT molecular complexity index is 689. The Labute approximate surface area is 132 Å². The van der Waals surface area contributed by atoms with Crippen molar-refractivity contribution in [2.24, 2.45) is 0 Å². The van der Waals surface area contributed by atoms with Crippen molar-refractivity contribution in [2.75, 3.05) is 11.1 Å². The Hall–Kier alpha value is -1.91. The minimum absolute atomic E-state index is 0.104. The lowest BCUT2D eigenvalue weighted by Crippen LogP contribution is -2.09. The van der Waals surface area contributed by atoms with Crippen LogP contribution in [0.25, 0.3) is 0 Å². The van der Waals surface area contributed by atoms with Crippen LogP contribution in [0.5, 0.6) is 0 Å². The number of carbonyl (C=O) groups is 1. The van der Waals surface area contributed by atoms with E-state index in [0.717, 1.165) is 5.56 Å². The maximum atomic E-state index is 10.9. The third kappa shape index (κ3) is 3.60. The first kappa shape index (κ1) is 15.5. The number of benzene rings is 2. The zero-order valence-corrected chi connectivity index (χ0v) is 12.7. The maximum Gasteiger partial charge on any atom is 0.335 e. The molecule has 4 nitrogen and oxygen atoms in total. The summed E-state index contributed by atoms with van der Waals surface area (Å²) in [4.78, 5) is 10.9. The van der Waals surface area contributed by atoms with Gasteiger partial charge in [-0.1, -0.05) is 29.3 Å². The smallest absolute Gasteiger partial charge is 0.335 e. The summed E-state index contributed by atoms with van der Waals surface area (Å²) in [5.41, 5.74) is 7.91. The molecule has 0 saturated carbocycles. The van der Waals surface area contributed by atoms with Crippen LogP contribution in [-0.2, 0) is 0 Å². The number of carboxylic acid groups (broad SMARTS) is 1. The van der Waals surface area contributed by atoms with Gasteiger partial charge in [-0.3, -0.25) is 0 Å². The van der Waals surface area contributed by atoms with E-state index < -0.39 is 5.97 Å². The van der Waals surface area contributed by atoms with E-state index in [1.54, 1.807) is 18.2 Å². The molecule has 2 aromatic rings. The monoisotopic (exact) mass is 324 g/mol. The summed E-state index contributed by atoms with van der Waals surface area (Å²) in [6, 6.07) is 9.72. The molecular weight excluding hydrogens is 311 g/mol. The molecule has 6 heteroatoms. The molecule has 21 heavy (non-hydrogen) atoms. The summed E-state index contributed by atoms with van der Waals surface area (Å²) in [6.45, 7) is 1.93. The second kappa shape index (κ2) is 6.24. The van der Waals surface area contributed by atoms with Gasteiger partial charge in [0.25, 0.3) is 0 Å². The van der Waals surface area contributed by atoms with Gasteiger partial charge in [0.15, 0.2) is 0 Å². The minimum atomic E-state index is -1.01. The van der Waals surface area contributed by atoms with E-state index in [4.69, 9.17) is 34.0 Å². The fraction of sp³-hybridized carbons (Fsp3) is 0.133. The summed E-state index contributed by atoms with van der Waals surface area (Å²) in [5, 5.41) is 13.3. The molecule has 0 heterocycles. The fourth-order valence-corrected chi connectivity index (χ4v) is 2.56. The molecule has 0 spiro atoms. The number of hydrogen-bond acceptors (Lipinski definition) is 3. The zero-order valence-electron chi connectivity index (χ0n) is 11.2. The normalized spacial score (nSPS) is 12.0. The van der Waals surface area contributed by atoms with E-state index in [-0.39, 0.29) is 11.6 Å². The Morgan fingerprint density at radius 1 is 1.24 bits per heavy atom. The number of nitrogen functional groups attached to an aromatic ring is 1. The minimum Gasteiger partial charge on any atom is -0.478 e. The molecule has 0 bridgehead atoms. The largest absolute Gasteiger partial charge is 0.478 e. The molecule has 0 aliphatic carbocycles. The van der Waals surface area contributed by atoms with Gasteiger partial charge in [-0.2, -0.15) is 0 Å². The van der Waals surface area contributed by atoms with Crippen LogP contribution in [0.3, 0.4) is 0 Å². The fourth-order valence-electron chi connectivity index (χ4n) is 1.99. The Morgan fingerprint density at radius 3 is 2.52 bits per heavy atom. The molecule has 2 rings (SSSR count). The average molecular weight is 325 g/mol. The zero-order chi connectivity index (χ0) is 15.6. The number of nitrogens with two attached hydrogens (primary N) is 1. The molecule has 0 aliphatic rings. The number of halogens is 2. The van der Waals surface area contributed by atoms with Gasteiger partial charge < -0.3 is 16.2 Å². The lowest BCUT2D eigenvalue weighted by molar-refractivity contribution is 0.0697. The first-order valence-corrected chi connectivity index (χ1v) is 6.98. The van der Waals surface area contributed by atoms with Gasteiger partial charge in [0.1, 0.15) is 0 Å². The summed E-state index contributed by atoms with van der Waals surface area (Å²) >= 11 is 12.0. The molecular formula is C15H14Cl2N2O2. The lowest BCUT2D eigenvalue weighted by Gasteiger charge is -2.18. The molecule has 0 aromatic heterocycles. The number of nitrogens with one attached hydrogen (secondary N) is 1. The van der Waals surface area contributed by atoms with Gasteiger partial charge in [0.05, 0.1) is 23.0 Å². The van der Waals surface area contributed by atoms with E-state index in [2.05, 4.69) is 5.32 Å². The van der Waals surface area contributed by atoms with Crippen molar-refractivity contribution in [3.05, 3.63) is 57.6 Å². The van der Waals surface area contributed by atoms with Crippen LogP contribution in [0, 0.1) is 0 Å². The van der Waals surface area contributed by atoms with Gasteiger partial charge in [-0.15, -0.1) is 0 Å². The number of aromatic carboxylic acids is 1. The van der Waals surface area contributed by atoms with Gasteiger partial charge >= 0.3 is 5.97 Å². The van der Waals surface area contributed by atoms with Gasteiger partial charge in [0.2, 0.25) is 0 Å². The Morgan fingerprint density at radius 2 is 1.95 bits per heavy atom. The van der Waals surface area contributed by atoms with E-state index >= 15 is 0 Å². The van der Waals surface area contributed by atoms with E-state index in [1.165, 1.54) is 12.1 Å². The van der Waals surface area contributed by atoms with Crippen LogP contribution in [0.15, 0.2) is 36.4 Å². The topological polar surface area (TPSA) is 75.3 Å². The Balaban J connectivity index is 2.23. The third-order valence-corrected chi connectivity index (χ3v) is 3.66. The molecule has 1 unspecified atom stereocenters. The predicted octanol–water partition coefficient (Wildman–Crippen LogP) is 4.45. The maximum absolute atomic E-state index is 10.9. The van der Waals surface area contributed by atoms with Crippen molar-refractivity contribution in [1.29, 1.82) is 0 Å². The molecule has 0 aliphatic heterocycles. The van der Waals surface area contributed by atoms with Crippen LogP contribution >= 0.6 is 23.2 Å². The highest BCUT2D eigenvalue weighted by Gasteiger charge is 2.12. The van der Waals surface area contributed by atoms with Crippen molar-refractivity contribution in [3.63, 3.8) is 0 Å². The molecule has 0 amide bonds. The average Bonchev–Trinajstić information content (AvgIpc) is 2.40. The van der Waals surface area contributed by atoms with Crippen molar-refractivity contribution < 1.29 is 9.90 Å². The second-order valence-corrected chi connectivity index (χ2v) is 5.48. The lowest BCUT2D eigenvalue weighted by atomic mass is 10.1. The highest BCUT2D eigenvalue weighted by atomic mass is 35.5. The summed E-state index contributed by atoms with van der Waals surface area (Å²) in [6.07, 6.45) is 0. The summed E-state index contributed by atoms with van der Waals surface area (Å²) < 4.78 is 0. The van der Waals surface area contributed by atoms with Crippen molar-refractivity contribution >= 4 is 40.5 Å². The van der Waals surface area contributed by atoms with Gasteiger partial charge in [0, 0.05) is 10.0 Å². The van der Waals surface area contributed by atoms with Gasteiger partial charge in [-0.25, -0.2) is 4.79 Å². The Kier molecular flexibility index (Phi) is 4.60. The van der Waals surface area contributed by atoms with Crippen molar-refractivity contribution in [2.45, 2.75) is 13.0 Å². The van der Waals surface area contributed by atoms with Crippen LogP contribution in [0.4, 0.5) is 11.4 Å². The quantitative estimate of drug-likeness (QED) is 0.726. The summed E-state index contributed by atoms with van der Waals surface area (Å²) in [7, 11) is 0. The van der Waals surface area contributed by atoms with Gasteiger partial charge in [-0.05, 0) is 42.8 Å². The van der Waals surface area contributed by atoms with Crippen LogP contribution in [0.1, 0.15) is 28.9 Å². The van der Waals surface area contributed by atoms with E-state index in [0.29, 0.717) is 21.4 Å². The first-order chi connectivity index (χ1) is 9.88. The standard InChI is InChI=1S/C15H14Cl2N2O2/c1-8(11-4-3-10(16)7-12(11)17)19-14-5-2-9(15(20)21)6-13(14)18/h2-8,19H,18H2,1H3,(H,20,21). The van der Waals surface area contributed by atoms with Crippen molar-refractivity contribution in [3.8, 4) is 0 Å². The first-order valence-electron chi connectivity index (χ1n) is 6.23. The second-order valence-electron chi connectivity index (χ2n) is 4.64. The molecule has 0 saturated heterocycles. The molecule has 0 radical (unpaired) electrons. The predicted molar refractivity (Wildman–Crippen MR) is 86.3 cm³/mol. The third-order valence-electron chi connectivity index (χ3n) is 3.10. The molecule has 2 aromatic carbocycles. The number of rotatable bonds is 4. The molecule has 4 N–H and O–H groups in total. The molecule has 0 fully saturated rings. The number of anilines is 2. The highest BCUT2D eigenvalue weighted by molar-refractivity contribution is 6.35.